The van der Waals surface area contributed by atoms with Crippen molar-refractivity contribution in [1.29, 1.82) is 0 Å². The maximum absolute atomic E-state index is 11.8. The van der Waals surface area contributed by atoms with Gasteiger partial charge in [0.05, 0.1) is 9.64 Å². The van der Waals surface area contributed by atoms with Crippen LogP contribution in [0.5, 0.6) is 0 Å². The van der Waals surface area contributed by atoms with Crippen LogP contribution in [0.4, 0.5) is 0 Å². The molecule has 1 aromatic rings. The minimum absolute atomic E-state index is 0.329. The largest absolute Gasteiger partial charge is 0.265 e. The molecule has 0 saturated carbocycles. The summed E-state index contributed by atoms with van der Waals surface area (Å²) >= 11 is 0. The normalized spacial score (nSPS) is 12.8. The SMILES string of the molecule is CC(C)(C)S(=O)(=O)c1ccncc1. The van der Waals surface area contributed by atoms with Crippen molar-refractivity contribution in [3.63, 3.8) is 0 Å². The number of hydrogen-bond acceptors (Lipinski definition) is 3. The van der Waals surface area contributed by atoms with Crippen LogP contribution in [0.25, 0.3) is 0 Å². The average Bonchev–Trinajstić information content (AvgIpc) is 2.04. The fourth-order valence-corrected chi connectivity index (χ4v) is 2.06. The molecular formula is C9H13NO2S. The van der Waals surface area contributed by atoms with E-state index in [2.05, 4.69) is 4.98 Å². The fraction of sp³-hybridized carbons (Fsp3) is 0.444. The molecule has 0 bridgehead atoms. The second kappa shape index (κ2) is 3.10. The zero-order chi connectivity index (χ0) is 10.1. The third-order valence-electron chi connectivity index (χ3n) is 1.77. The van der Waals surface area contributed by atoms with Crippen LogP contribution in [-0.4, -0.2) is 18.1 Å². The molecule has 1 rings (SSSR count). The Balaban J connectivity index is 3.26. The third kappa shape index (κ3) is 1.88. The van der Waals surface area contributed by atoms with E-state index < -0.39 is 14.6 Å². The molecule has 1 aromatic heterocycles. The predicted molar refractivity (Wildman–Crippen MR) is 51.2 cm³/mol. The Morgan fingerprint density at radius 3 is 2.00 bits per heavy atom. The summed E-state index contributed by atoms with van der Waals surface area (Å²) in [5, 5.41) is 0. The predicted octanol–water partition coefficient (Wildman–Crippen LogP) is 1.65. The van der Waals surface area contributed by atoms with Crippen LogP contribution < -0.4 is 0 Å². The molecule has 0 N–H and O–H groups in total. The van der Waals surface area contributed by atoms with Gasteiger partial charge in [-0.2, -0.15) is 0 Å². The lowest BCUT2D eigenvalue weighted by molar-refractivity contribution is 0.560. The van der Waals surface area contributed by atoms with E-state index in [-0.39, 0.29) is 0 Å². The summed E-state index contributed by atoms with van der Waals surface area (Å²) in [7, 11) is -3.22. The highest BCUT2D eigenvalue weighted by atomic mass is 32.2. The summed E-state index contributed by atoms with van der Waals surface area (Å²) in [6.45, 7) is 5.05. The highest BCUT2D eigenvalue weighted by Gasteiger charge is 2.30. The van der Waals surface area contributed by atoms with Crippen molar-refractivity contribution >= 4 is 9.84 Å². The molecule has 0 aliphatic rings. The van der Waals surface area contributed by atoms with Gasteiger partial charge in [-0.3, -0.25) is 4.98 Å². The van der Waals surface area contributed by atoms with Crippen molar-refractivity contribution in [1.82, 2.24) is 4.98 Å². The molecular weight excluding hydrogens is 186 g/mol. The van der Waals surface area contributed by atoms with Gasteiger partial charge in [0, 0.05) is 12.4 Å². The quantitative estimate of drug-likeness (QED) is 0.691. The van der Waals surface area contributed by atoms with E-state index in [4.69, 9.17) is 0 Å². The molecule has 0 radical (unpaired) electrons. The van der Waals surface area contributed by atoms with Crippen molar-refractivity contribution in [3.8, 4) is 0 Å². The lowest BCUT2D eigenvalue weighted by atomic mass is 10.3. The van der Waals surface area contributed by atoms with Gasteiger partial charge in [-0.25, -0.2) is 8.42 Å². The standard InChI is InChI=1S/C9H13NO2S/c1-9(2,3)13(11,12)8-4-6-10-7-5-8/h4-7H,1-3H3. The molecule has 0 fully saturated rings. The van der Waals surface area contributed by atoms with E-state index in [1.54, 1.807) is 20.8 Å². The van der Waals surface area contributed by atoms with Crippen LogP contribution in [-0.2, 0) is 9.84 Å². The fourth-order valence-electron chi connectivity index (χ4n) is 0.871. The maximum atomic E-state index is 11.8. The van der Waals surface area contributed by atoms with Crippen LogP contribution in [0, 0.1) is 0 Å². The minimum atomic E-state index is -3.22. The zero-order valence-electron chi connectivity index (χ0n) is 7.98. The summed E-state index contributed by atoms with van der Waals surface area (Å²) in [6.07, 6.45) is 2.97. The van der Waals surface area contributed by atoms with Crippen molar-refractivity contribution < 1.29 is 8.42 Å². The Labute approximate surface area is 78.7 Å². The van der Waals surface area contributed by atoms with Gasteiger partial charge in [0.15, 0.2) is 9.84 Å². The van der Waals surface area contributed by atoms with Gasteiger partial charge in [-0.05, 0) is 32.9 Å². The number of sulfone groups is 1. The molecule has 0 atom stereocenters. The van der Waals surface area contributed by atoms with Gasteiger partial charge in [0.1, 0.15) is 0 Å². The summed E-state index contributed by atoms with van der Waals surface area (Å²) in [5.74, 6) is 0. The molecule has 0 aromatic carbocycles. The van der Waals surface area contributed by atoms with Gasteiger partial charge >= 0.3 is 0 Å². The van der Waals surface area contributed by atoms with Crippen LogP contribution in [0.1, 0.15) is 20.8 Å². The minimum Gasteiger partial charge on any atom is -0.265 e. The van der Waals surface area contributed by atoms with Crippen molar-refractivity contribution in [2.75, 3.05) is 0 Å². The van der Waals surface area contributed by atoms with Crippen LogP contribution in [0.15, 0.2) is 29.4 Å². The van der Waals surface area contributed by atoms with Crippen LogP contribution >= 0.6 is 0 Å². The molecule has 1 heterocycles. The summed E-state index contributed by atoms with van der Waals surface area (Å²) < 4.78 is 22.9. The van der Waals surface area contributed by atoms with Crippen LogP contribution in [0.2, 0.25) is 0 Å². The highest BCUT2D eigenvalue weighted by molar-refractivity contribution is 7.92. The van der Waals surface area contributed by atoms with Gasteiger partial charge in [-0.15, -0.1) is 0 Å². The topological polar surface area (TPSA) is 47.0 Å². The van der Waals surface area contributed by atoms with E-state index in [1.165, 1.54) is 24.5 Å². The summed E-state index contributed by atoms with van der Waals surface area (Å²) in [4.78, 5) is 4.11. The summed E-state index contributed by atoms with van der Waals surface area (Å²) in [5.41, 5.74) is 0. The molecule has 0 spiro atoms. The number of hydrogen-bond donors (Lipinski definition) is 0. The molecule has 0 aliphatic carbocycles. The van der Waals surface area contributed by atoms with E-state index in [1.807, 2.05) is 0 Å². The first-order chi connectivity index (χ1) is 5.86. The van der Waals surface area contributed by atoms with E-state index in [0.717, 1.165) is 0 Å². The first kappa shape index (κ1) is 10.2. The van der Waals surface area contributed by atoms with Gasteiger partial charge in [0.25, 0.3) is 0 Å². The molecule has 3 nitrogen and oxygen atoms in total. The Morgan fingerprint density at radius 2 is 1.62 bits per heavy atom. The third-order valence-corrected chi connectivity index (χ3v) is 4.27. The zero-order valence-corrected chi connectivity index (χ0v) is 8.80. The smallest absolute Gasteiger partial charge is 0.183 e. The number of aromatic nitrogens is 1. The van der Waals surface area contributed by atoms with E-state index in [9.17, 15) is 8.42 Å². The van der Waals surface area contributed by atoms with Gasteiger partial charge in [0.2, 0.25) is 0 Å². The van der Waals surface area contributed by atoms with E-state index in [0.29, 0.717) is 4.90 Å². The Bertz CT molecular complexity index is 376. The average molecular weight is 199 g/mol. The Kier molecular flexibility index (Phi) is 2.43. The molecule has 72 valence electrons. The van der Waals surface area contributed by atoms with Gasteiger partial charge in [-0.1, -0.05) is 0 Å². The molecule has 4 heteroatoms. The highest BCUT2D eigenvalue weighted by Crippen LogP contribution is 2.23. The van der Waals surface area contributed by atoms with E-state index >= 15 is 0 Å². The van der Waals surface area contributed by atoms with Crippen LogP contribution in [0.3, 0.4) is 0 Å². The lowest BCUT2D eigenvalue weighted by Crippen LogP contribution is -2.27. The first-order valence-corrected chi connectivity index (χ1v) is 5.49. The number of rotatable bonds is 1. The second-order valence-corrected chi connectivity index (χ2v) is 6.50. The maximum Gasteiger partial charge on any atom is 0.183 e. The first-order valence-electron chi connectivity index (χ1n) is 4.00. The molecule has 0 amide bonds. The van der Waals surface area contributed by atoms with Crippen molar-refractivity contribution in [2.24, 2.45) is 0 Å². The second-order valence-electron chi connectivity index (χ2n) is 3.80. The van der Waals surface area contributed by atoms with Crippen molar-refractivity contribution in [3.05, 3.63) is 24.5 Å². The van der Waals surface area contributed by atoms with Gasteiger partial charge < -0.3 is 0 Å². The molecule has 0 saturated heterocycles. The molecule has 0 unspecified atom stereocenters. The Hall–Kier alpha value is -0.900. The molecule has 0 aliphatic heterocycles. The summed E-state index contributed by atoms with van der Waals surface area (Å²) in [6, 6.07) is 3.03. The number of nitrogens with zero attached hydrogens (tertiary/aromatic N) is 1. The number of pyridine rings is 1. The molecule has 13 heavy (non-hydrogen) atoms. The van der Waals surface area contributed by atoms with Crippen molar-refractivity contribution in [2.45, 2.75) is 30.4 Å². The monoisotopic (exact) mass is 199 g/mol. The lowest BCUT2D eigenvalue weighted by Gasteiger charge is -2.18. The Morgan fingerprint density at radius 1 is 1.15 bits per heavy atom.